The van der Waals surface area contributed by atoms with Crippen LogP contribution in [-0.2, 0) is 13.2 Å². The predicted octanol–water partition coefficient (Wildman–Crippen LogP) is 3.17. The minimum atomic E-state index is -4.49. The first-order chi connectivity index (χ1) is 10.9. The van der Waals surface area contributed by atoms with Crippen molar-refractivity contribution in [3.63, 3.8) is 0 Å². The third-order valence-corrected chi connectivity index (χ3v) is 3.53. The van der Waals surface area contributed by atoms with E-state index in [1.165, 1.54) is 17.8 Å². The van der Waals surface area contributed by atoms with Crippen molar-refractivity contribution in [3.05, 3.63) is 66.1 Å². The Morgan fingerprint density at radius 2 is 1.87 bits per heavy atom. The van der Waals surface area contributed by atoms with Gasteiger partial charge in [0.05, 0.1) is 5.69 Å². The standard InChI is InChI=1S/C16H14F3N3O/c1-21-13(9-14(20-21)16(17,18)19)11-7-8-15(23)22(10-11)12-5-3-2-4-6-12/h2-10,15,23H,1H3. The van der Waals surface area contributed by atoms with E-state index in [-0.39, 0.29) is 0 Å². The van der Waals surface area contributed by atoms with Gasteiger partial charge in [-0.3, -0.25) is 4.68 Å². The Kier molecular flexibility index (Phi) is 3.73. The monoisotopic (exact) mass is 321 g/mol. The van der Waals surface area contributed by atoms with Crippen molar-refractivity contribution in [2.24, 2.45) is 7.05 Å². The molecule has 0 aliphatic carbocycles. The maximum absolute atomic E-state index is 12.8. The lowest BCUT2D eigenvalue weighted by molar-refractivity contribution is -0.141. The van der Waals surface area contributed by atoms with E-state index in [1.54, 1.807) is 29.3 Å². The Morgan fingerprint density at radius 1 is 1.17 bits per heavy atom. The van der Waals surface area contributed by atoms with Crippen LogP contribution in [-0.4, -0.2) is 21.1 Å². The lowest BCUT2D eigenvalue weighted by Crippen LogP contribution is -2.30. The fraction of sp³-hybridized carbons (Fsp3) is 0.188. The third kappa shape index (κ3) is 3.00. The fourth-order valence-electron chi connectivity index (χ4n) is 2.41. The predicted molar refractivity (Wildman–Crippen MR) is 80.3 cm³/mol. The van der Waals surface area contributed by atoms with E-state index in [2.05, 4.69) is 5.10 Å². The lowest BCUT2D eigenvalue weighted by atomic mass is 10.1. The highest BCUT2D eigenvalue weighted by Crippen LogP contribution is 2.32. The molecule has 1 aliphatic heterocycles. The molecule has 7 heteroatoms. The van der Waals surface area contributed by atoms with Crippen LogP contribution in [0, 0.1) is 0 Å². The van der Waals surface area contributed by atoms with Gasteiger partial charge < -0.3 is 10.0 Å². The van der Waals surface area contributed by atoms with Gasteiger partial charge in [-0.15, -0.1) is 0 Å². The van der Waals surface area contributed by atoms with E-state index in [4.69, 9.17) is 0 Å². The van der Waals surface area contributed by atoms with Gasteiger partial charge in [0.2, 0.25) is 0 Å². The number of aryl methyl sites for hydroxylation is 1. The van der Waals surface area contributed by atoms with Gasteiger partial charge in [0.15, 0.2) is 5.69 Å². The summed E-state index contributed by atoms with van der Waals surface area (Å²) in [5.74, 6) is 0. The second-order valence-electron chi connectivity index (χ2n) is 5.14. The highest BCUT2D eigenvalue weighted by atomic mass is 19.4. The highest BCUT2D eigenvalue weighted by Gasteiger charge is 2.35. The van der Waals surface area contributed by atoms with E-state index >= 15 is 0 Å². The van der Waals surface area contributed by atoms with Crippen LogP contribution in [0.3, 0.4) is 0 Å². The summed E-state index contributed by atoms with van der Waals surface area (Å²) in [6, 6.07) is 10.1. The van der Waals surface area contributed by atoms with Crippen molar-refractivity contribution in [2.45, 2.75) is 12.4 Å². The molecule has 0 saturated heterocycles. The van der Waals surface area contributed by atoms with Gasteiger partial charge in [-0.05, 0) is 24.3 Å². The first-order valence-corrected chi connectivity index (χ1v) is 6.89. The normalized spacial score (nSPS) is 18.2. The van der Waals surface area contributed by atoms with Crippen molar-refractivity contribution in [2.75, 3.05) is 4.90 Å². The maximum atomic E-state index is 12.8. The second kappa shape index (κ2) is 5.58. The number of aromatic nitrogens is 2. The average molecular weight is 321 g/mol. The number of halogens is 3. The molecule has 1 aromatic heterocycles. The molecule has 23 heavy (non-hydrogen) atoms. The summed E-state index contributed by atoms with van der Waals surface area (Å²) in [6.07, 6.45) is -0.661. The molecule has 0 amide bonds. The van der Waals surface area contributed by atoms with E-state index in [0.29, 0.717) is 11.3 Å². The molecule has 1 N–H and O–H groups in total. The SMILES string of the molecule is Cn1nc(C(F)(F)F)cc1C1=CN(c2ccccc2)C(O)C=C1. The Morgan fingerprint density at radius 3 is 2.48 bits per heavy atom. The summed E-state index contributed by atoms with van der Waals surface area (Å²) >= 11 is 0. The molecule has 1 aromatic carbocycles. The Hall–Kier alpha value is -2.54. The minimum absolute atomic E-state index is 0.321. The quantitative estimate of drug-likeness (QED) is 0.924. The number of allylic oxidation sites excluding steroid dienone is 2. The zero-order chi connectivity index (χ0) is 16.6. The minimum Gasteiger partial charge on any atom is -0.370 e. The molecule has 0 fully saturated rings. The molecule has 1 unspecified atom stereocenters. The van der Waals surface area contributed by atoms with Gasteiger partial charge in [-0.1, -0.05) is 24.3 Å². The fourth-order valence-corrected chi connectivity index (χ4v) is 2.41. The lowest BCUT2D eigenvalue weighted by Gasteiger charge is -2.28. The van der Waals surface area contributed by atoms with Gasteiger partial charge in [0.1, 0.15) is 6.23 Å². The van der Waals surface area contributed by atoms with E-state index in [0.717, 1.165) is 11.8 Å². The van der Waals surface area contributed by atoms with Crippen molar-refractivity contribution in [1.29, 1.82) is 0 Å². The van der Waals surface area contributed by atoms with Crippen LogP contribution in [0.15, 0.2) is 54.8 Å². The Balaban J connectivity index is 2.00. The number of aliphatic hydroxyl groups excluding tert-OH is 1. The topological polar surface area (TPSA) is 41.3 Å². The molecule has 0 bridgehead atoms. The van der Waals surface area contributed by atoms with E-state index in [9.17, 15) is 18.3 Å². The summed E-state index contributed by atoms with van der Waals surface area (Å²) < 4.78 is 39.5. The summed E-state index contributed by atoms with van der Waals surface area (Å²) in [5, 5.41) is 13.6. The molecular formula is C16H14F3N3O. The first-order valence-electron chi connectivity index (χ1n) is 6.89. The second-order valence-corrected chi connectivity index (χ2v) is 5.14. The Labute approximate surface area is 130 Å². The smallest absolute Gasteiger partial charge is 0.370 e. The summed E-state index contributed by atoms with van der Waals surface area (Å²) in [6.45, 7) is 0. The largest absolute Gasteiger partial charge is 0.435 e. The van der Waals surface area contributed by atoms with Crippen LogP contribution in [0.4, 0.5) is 18.9 Å². The zero-order valence-electron chi connectivity index (χ0n) is 12.2. The van der Waals surface area contributed by atoms with Crippen LogP contribution in [0.25, 0.3) is 5.57 Å². The van der Waals surface area contributed by atoms with Crippen LogP contribution in [0.5, 0.6) is 0 Å². The molecule has 3 rings (SSSR count). The molecule has 2 heterocycles. The van der Waals surface area contributed by atoms with Gasteiger partial charge >= 0.3 is 6.18 Å². The number of alkyl halides is 3. The molecule has 1 atom stereocenters. The first kappa shape index (κ1) is 15.4. The van der Waals surface area contributed by atoms with Crippen LogP contribution < -0.4 is 4.90 Å². The number of anilines is 1. The van der Waals surface area contributed by atoms with Crippen molar-refractivity contribution in [3.8, 4) is 0 Å². The van der Waals surface area contributed by atoms with Crippen molar-refractivity contribution in [1.82, 2.24) is 9.78 Å². The summed E-state index contributed by atoms with van der Waals surface area (Å²) in [4.78, 5) is 1.58. The third-order valence-electron chi connectivity index (χ3n) is 3.53. The molecule has 120 valence electrons. The Bertz CT molecular complexity index is 763. The molecule has 4 nitrogen and oxygen atoms in total. The van der Waals surface area contributed by atoms with Crippen LogP contribution >= 0.6 is 0 Å². The van der Waals surface area contributed by atoms with Crippen LogP contribution in [0.1, 0.15) is 11.4 Å². The molecule has 0 spiro atoms. The number of hydrogen-bond acceptors (Lipinski definition) is 3. The molecular weight excluding hydrogens is 307 g/mol. The van der Waals surface area contributed by atoms with Gasteiger partial charge in [-0.2, -0.15) is 18.3 Å². The number of benzene rings is 1. The molecule has 1 aliphatic rings. The van der Waals surface area contributed by atoms with Crippen LogP contribution in [0.2, 0.25) is 0 Å². The number of aliphatic hydroxyl groups is 1. The average Bonchev–Trinajstić information content (AvgIpc) is 2.91. The van der Waals surface area contributed by atoms with Gasteiger partial charge in [0.25, 0.3) is 0 Å². The van der Waals surface area contributed by atoms with Crippen molar-refractivity contribution < 1.29 is 18.3 Å². The number of rotatable bonds is 2. The van der Waals surface area contributed by atoms with E-state index < -0.39 is 18.1 Å². The molecule has 0 radical (unpaired) electrons. The highest BCUT2D eigenvalue weighted by molar-refractivity contribution is 5.77. The summed E-state index contributed by atoms with van der Waals surface area (Å²) in [5.41, 5.74) is 0.646. The summed E-state index contributed by atoms with van der Waals surface area (Å²) in [7, 11) is 1.46. The van der Waals surface area contributed by atoms with E-state index in [1.807, 2.05) is 18.2 Å². The van der Waals surface area contributed by atoms with Gasteiger partial charge in [-0.25, -0.2) is 0 Å². The van der Waals surface area contributed by atoms with Crippen molar-refractivity contribution >= 4 is 11.3 Å². The molecule has 2 aromatic rings. The number of hydrogen-bond donors (Lipinski definition) is 1. The number of para-hydroxylation sites is 1. The molecule has 0 saturated carbocycles. The number of nitrogens with zero attached hydrogens (tertiary/aromatic N) is 3. The van der Waals surface area contributed by atoms with Gasteiger partial charge in [0, 0.05) is 24.5 Å². The zero-order valence-corrected chi connectivity index (χ0v) is 12.2. The maximum Gasteiger partial charge on any atom is 0.435 e.